The largest absolute Gasteiger partial charge is 0.355 e. The van der Waals surface area contributed by atoms with Crippen LogP contribution in [-0.2, 0) is 16.6 Å². The summed E-state index contributed by atoms with van der Waals surface area (Å²) < 4.78 is 41.7. The van der Waals surface area contributed by atoms with E-state index >= 15 is 0 Å². The van der Waals surface area contributed by atoms with Crippen LogP contribution in [0.5, 0.6) is 0 Å². The van der Waals surface area contributed by atoms with Crippen molar-refractivity contribution in [1.29, 1.82) is 0 Å². The number of fused-ring (bicyclic) bond motifs is 1. The second kappa shape index (κ2) is 7.39. The van der Waals surface area contributed by atoms with Crippen molar-refractivity contribution in [2.75, 3.05) is 0 Å². The van der Waals surface area contributed by atoms with Gasteiger partial charge in [-0.3, -0.25) is 4.79 Å². The third-order valence-electron chi connectivity index (χ3n) is 4.25. The molecule has 2 aromatic carbocycles. The minimum Gasteiger partial charge on any atom is -0.355 e. The van der Waals surface area contributed by atoms with Gasteiger partial charge >= 0.3 is 0 Å². The van der Waals surface area contributed by atoms with Crippen molar-refractivity contribution in [1.82, 2.24) is 10.5 Å². The molecule has 0 aliphatic rings. The molecule has 0 saturated carbocycles. The van der Waals surface area contributed by atoms with Crippen LogP contribution in [0.15, 0.2) is 62.6 Å². The number of carbonyl (C=O) groups is 1. The number of nitrogens with two attached hydrogens (primary N) is 1. The van der Waals surface area contributed by atoms with Crippen molar-refractivity contribution in [3.05, 3.63) is 70.9 Å². The Morgan fingerprint density at radius 2 is 1.93 bits per heavy atom. The van der Waals surface area contributed by atoms with Gasteiger partial charge in [-0.1, -0.05) is 5.16 Å². The van der Waals surface area contributed by atoms with Crippen LogP contribution in [0.3, 0.4) is 0 Å². The number of hydrogen-bond acceptors (Lipinski definition) is 6. The Kier molecular flexibility index (Phi) is 4.91. The first-order chi connectivity index (χ1) is 13.8. The molecule has 2 aromatic heterocycles. The molecule has 0 fully saturated rings. The first kappa shape index (κ1) is 19.2. The van der Waals surface area contributed by atoms with Gasteiger partial charge in [0.1, 0.15) is 15.5 Å². The van der Waals surface area contributed by atoms with Gasteiger partial charge in [-0.2, -0.15) is 0 Å². The monoisotopic (exact) mass is 431 g/mol. The van der Waals surface area contributed by atoms with Crippen LogP contribution in [0.2, 0.25) is 0 Å². The highest BCUT2D eigenvalue weighted by Crippen LogP contribution is 2.29. The SMILES string of the molecule is NS(=O)(=O)c1sccc1CNC(=O)c1ccc2noc(-c3ccc(F)cc3)c2c1. The lowest BCUT2D eigenvalue weighted by Crippen LogP contribution is -2.24. The summed E-state index contributed by atoms with van der Waals surface area (Å²) >= 11 is 0.996. The third kappa shape index (κ3) is 3.90. The molecule has 3 N–H and O–H groups in total. The third-order valence-corrected chi connectivity index (χ3v) is 6.76. The van der Waals surface area contributed by atoms with Gasteiger partial charge in [-0.15, -0.1) is 11.3 Å². The molecule has 0 spiro atoms. The number of hydrogen-bond donors (Lipinski definition) is 2. The first-order valence-electron chi connectivity index (χ1n) is 8.35. The average molecular weight is 431 g/mol. The molecule has 4 rings (SSSR count). The van der Waals surface area contributed by atoms with E-state index < -0.39 is 15.9 Å². The number of aromatic nitrogens is 1. The van der Waals surface area contributed by atoms with E-state index in [-0.39, 0.29) is 16.6 Å². The van der Waals surface area contributed by atoms with Crippen molar-refractivity contribution >= 4 is 38.2 Å². The summed E-state index contributed by atoms with van der Waals surface area (Å²) in [7, 11) is -3.84. The van der Waals surface area contributed by atoms with Gasteiger partial charge in [-0.25, -0.2) is 17.9 Å². The predicted octanol–water partition coefficient (Wildman–Crippen LogP) is 3.27. The molecule has 0 radical (unpaired) electrons. The summed E-state index contributed by atoms with van der Waals surface area (Å²) in [4.78, 5) is 12.6. The Balaban J connectivity index is 1.59. The van der Waals surface area contributed by atoms with Crippen molar-refractivity contribution in [2.45, 2.75) is 10.8 Å². The second-order valence-electron chi connectivity index (χ2n) is 6.21. The van der Waals surface area contributed by atoms with Crippen LogP contribution in [0.1, 0.15) is 15.9 Å². The molecule has 4 aromatic rings. The number of rotatable bonds is 5. The fraction of sp³-hybridized carbons (Fsp3) is 0.0526. The first-order valence-corrected chi connectivity index (χ1v) is 10.8. The van der Waals surface area contributed by atoms with Crippen molar-refractivity contribution in [3.8, 4) is 11.3 Å². The zero-order chi connectivity index (χ0) is 20.6. The van der Waals surface area contributed by atoms with Gasteiger partial charge in [-0.05, 0) is 53.9 Å². The molecule has 0 unspecified atom stereocenters. The summed E-state index contributed by atoms with van der Waals surface area (Å²) in [5.41, 5.74) is 1.94. The minimum atomic E-state index is -3.84. The van der Waals surface area contributed by atoms with E-state index in [2.05, 4.69) is 10.5 Å². The number of halogens is 1. The maximum atomic E-state index is 13.2. The molecular formula is C19H14FN3O4S2. The number of benzene rings is 2. The zero-order valence-electron chi connectivity index (χ0n) is 14.8. The van der Waals surface area contributed by atoms with Gasteiger partial charge in [0.2, 0.25) is 10.0 Å². The Morgan fingerprint density at radius 1 is 1.17 bits per heavy atom. The Bertz CT molecular complexity index is 1310. The Labute approximate surface area is 169 Å². The molecule has 2 heterocycles. The van der Waals surface area contributed by atoms with Gasteiger partial charge in [0.05, 0.1) is 5.39 Å². The molecule has 0 atom stereocenters. The van der Waals surface area contributed by atoms with Crippen LogP contribution in [0, 0.1) is 5.82 Å². The molecule has 0 aliphatic carbocycles. The van der Waals surface area contributed by atoms with Gasteiger partial charge in [0.15, 0.2) is 5.76 Å². The van der Waals surface area contributed by atoms with Crippen molar-refractivity contribution < 1.29 is 22.1 Å². The lowest BCUT2D eigenvalue weighted by molar-refractivity contribution is 0.0950. The quantitative estimate of drug-likeness (QED) is 0.503. The average Bonchev–Trinajstić information content (AvgIpc) is 3.33. The van der Waals surface area contributed by atoms with E-state index in [9.17, 15) is 17.6 Å². The van der Waals surface area contributed by atoms with E-state index in [1.807, 2.05) is 0 Å². The second-order valence-corrected chi connectivity index (χ2v) is 8.88. The van der Waals surface area contributed by atoms with E-state index in [1.54, 1.807) is 41.8 Å². The number of amides is 1. The molecule has 0 aliphatic heterocycles. The Hall–Kier alpha value is -3.08. The Morgan fingerprint density at radius 3 is 2.66 bits per heavy atom. The smallest absolute Gasteiger partial charge is 0.251 e. The normalized spacial score (nSPS) is 11.7. The molecule has 0 saturated heterocycles. The molecule has 10 heteroatoms. The highest BCUT2D eigenvalue weighted by atomic mass is 32.2. The van der Waals surface area contributed by atoms with Crippen LogP contribution in [0.4, 0.5) is 4.39 Å². The predicted molar refractivity (Wildman–Crippen MR) is 106 cm³/mol. The fourth-order valence-corrected chi connectivity index (χ4v) is 4.73. The molecule has 29 heavy (non-hydrogen) atoms. The molecule has 7 nitrogen and oxygen atoms in total. The molecular weight excluding hydrogens is 417 g/mol. The molecule has 0 bridgehead atoms. The van der Waals surface area contributed by atoms with Crippen LogP contribution in [0.25, 0.3) is 22.2 Å². The number of primary sulfonamides is 1. The highest BCUT2D eigenvalue weighted by Gasteiger charge is 2.17. The van der Waals surface area contributed by atoms with E-state index in [4.69, 9.17) is 9.66 Å². The highest BCUT2D eigenvalue weighted by molar-refractivity contribution is 7.91. The summed E-state index contributed by atoms with van der Waals surface area (Å²) in [5.74, 6) is -0.348. The fourth-order valence-electron chi connectivity index (χ4n) is 2.87. The van der Waals surface area contributed by atoms with Crippen molar-refractivity contribution in [2.24, 2.45) is 5.14 Å². The molecule has 148 valence electrons. The van der Waals surface area contributed by atoms with E-state index in [1.165, 1.54) is 12.1 Å². The number of carbonyl (C=O) groups excluding carboxylic acids is 1. The minimum absolute atomic E-state index is 0.0145. The maximum absolute atomic E-state index is 13.2. The number of nitrogens with one attached hydrogen (secondary N) is 1. The summed E-state index contributed by atoms with van der Waals surface area (Å²) in [5, 5.41) is 14.0. The van der Waals surface area contributed by atoms with Gasteiger partial charge in [0, 0.05) is 23.2 Å². The van der Waals surface area contributed by atoms with Crippen LogP contribution in [-0.4, -0.2) is 19.5 Å². The lowest BCUT2D eigenvalue weighted by Gasteiger charge is -2.06. The summed E-state index contributed by atoms with van der Waals surface area (Å²) in [6.07, 6.45) is 0. The van der Waals surface area contributed by atoms with Crippen LogP contribution < -0.4 is 10.5 Å². The summed E-state index contributed by atoms with van der Waals surface area (Å²) in [6, 6.07) is 12.2. The van der Waals surface area contributed by atoms with E-state index in [0.29, 0.717) is 33.4 Å². The van der Waals surface area contributed by atoms with Crippen molar-refractivity contribution in [3.63, 3.8) is 0 Å². The van der Waals surface area contributed by atoms with E-state index in [0.717, 1.165) is 11.3 Å². The number of thiophene rings is 1. The summed E-state index contributed by atoms with van der Waals surface area (Å²) in [6.45, 7) is 0.0145. The maximum Gasteiger partial charge on any atom is 0.251 e. The van der Waals surface area contributed by atoms with Gasteiger partial charge < -0.3 is 9.84 Å². The van der Waals surface area contributed by atoms with Gasteiger partial charge in [0.25, 0.3) is 5.91 Å². The van der Waals surface area contributed by atoms with Crippen LogP contribution >= 0.6 is 11.3 Å². The standard InChI is InChI=1S/C19H14FN3O4S2/c20-14-4-1-11(2-5-14)17-15-9-12(3-6-16(15)23-27-17)18(24)22-10-13-7-8-28-19(13)29(21,25)26/h1-9H,10H2,(H,22,24)(H2,21,25,26). The topological polar surface area (TPSA) is 115 Å². The number of sulfonamides is 1. The number of nitrogens with zero attached hydrogens (tertiary/aromatic N) is 1. The zero-order valence-corrected chi connectivity index (χ0v) is 16.4. The lowest BCUT2D eigenvalue weighted by atomic mass is 10.1. The molecule has 1 amide bonds.